The van der Waals surface area contributed by atoms with E-state index in [-0.39, 0.29) is 17.3 Å². The molecule has 1 atom stereocenters. The molecular formula is C13H13NO5S. The van der Waals surface area contributed by atoms with Crippen LogP contribution in [0.2, 0.25) is 0 Å². The molecule has 3 rings (SSSR count). The zero-order valence-corrected chi connectivity index (χ0v) is 11.6. The summed E-state index contributed by atoms with van der Waals surface area (Å²) in [5, 5.41) is 0. The second kappa shape index (κ2) is 4.31. The summed E-state index contributed by atoms with van der Waals surface area (Å²) in [6.07, 6.45) is 0.359. The van der Waals surface area contributed by atoms with Gasteiger partial charge in [0.1, 0.15) is 0 Å². The van der Waals surface area contributed by atoms with E-state index in [0.29, 0.717) is 23.1 Å². The lowest BCUT2D eigenvalue weighted by Gasteiger charge is -2.06. The molecule has 0 N–H and O–H groups in total. The second-order valence-corrected chi connectivity index (χ2v) is 7.30. The van der Waals surface area contributed by atoms with Crippen LogP contribution in [-0.4, -0.2) is 30.3 Å². The van der Waals surface area contributed by atoms with Crippen molar-refractivity contribution >= 4 is 26.7 Å². The summed E-state index contributed by atoms with van der Waals surface area (Å²) in [7, 11) is -1.51. The molecule has 20 heavy (non-hydrogen) atoms. The fourth-order valence-electron chi connectivity index (χ4n) is 2.52. The van der Waals surface area contributed by atoms with Crippen LogP contribution in [0.4, 0.5) is 0 Å². The highest BCUT2D eigenvalue weighted by molar-refractivity contribution is 7.91. The summed E-state index contributed by atoms with van der Waals surface area (Å²) < 4.78 is 29.2. The first kappa shape index (κ1) is 13.1. The lowest BCUT2D eigenvalue weighted by atomic mass is 9.97. The van der Waals surface area contributed by atoms with Gasteiger partial charge < -0.3 is 4.42 Å². The van der Waals surface area contributed by atoms with E-state index in [2.05, 4.69) is 0 Å². The molecule has 106 valence electrons. The van der Waals surface area contributed by atoms with Gasteiger partial charge in [-0.15, -0.1) is 0 Å². The van der Waals surface area contributed by atoms with E-state index in [1.54, 1.807) is 19.2 Å². The summed E-state index contributed by atoms with van der Waals surface area (Å²) in [5.74, 6) is -1.23. The molecular weight excluding hydrogens is 282 g/mol. The van der Waals surface area contributed by atoms with Gasteiger partial charge in [0.15, 0.2) is 21.2 Å². The molecule has 6 nitrogen and oxygen atoms in total. The molecule has 1 aromatic heterocycles. The van der Waals surface area contributed by atoms with Crippen molar-refractivity contribution in [2.24, 2.45) is 13.0 Å². The van der Waals surface area contributed by atoms with Crippen molar-refractivity contribution in [3.63, 3.8) is 0 Å². The van der Waals surface area contributed by atoms with Crippen molar-refractivity contribution in [2.75, 3.05) is 11.5 Å². The number of aryl methyl sites for hydroxylation is 1. The van der Waals surface area contributed by atoms with Crippen LogP contribution in [0.15, 0.2) is 27.4 Å². The number of nitrogens with zero attached hydrogens (tertiary/aromatic N) is 1. The van der Waals surface area contributed by atoms with Crippen molar-refractivity contribution in [1.29, 1.82) is 0 Å². The van der Waals surface area contributed by atoms with E-state index in [1.165, 1.54) is 10.6 Å². The lowest BCUT2D eigenvalue weighted by molar-refractivity contribution is 0.0933. The molecule has 1 aliphatic rings. The smallest absolute Gasteiger partial charge is 0.408 e. The normalized spacial score (nSPS) is 21.4. The van der Waals surface area contributed by atoms with E-state index in [1.807, 2.05) is 0 Å². The van der Waals surface area contributed by atoms with Gasteiger partial charge in [-0.25, -0.2) is 13.2 Å². The molecule has 0 bridgehead atoms. The Morgan fingerprint density at radius 2 is 2.15 bits per heavy atom. The first-order chi connectivity index (χ1) is 9.37. The van der Waals surface area contributed by atoms with E-state index < -0.39 is 21.5 Å². The maximum atomic E-state index is 12.3. The van der Waals surface area contributed by atoms with Crippen LogP contribution in [0, 0.1) is 5.92 Å². The Balaban J connectivity index is 1.98. The predicted molar refractivity (Wildman–Crippen MR) is 72.5 cm³/mol. The van der Waals surface area contributed by atoms with Gasteiger partial charge in [0.25, 0.3) is 0 Å². The fraction of sp³-hybridized carbons (Fsp3) is 0.385. The van der Waals surface area contributed by atoms with Crippen LogP contribution in [0.1, 0.15) is 16.8 Å². The first-order valence-corrected chi connectivity index (χ1v) is 8.04. The zero-order valence-electron chi connectivity index (χ0n) is 10.8. The van der Waals surface area contributed by atoms with Crippen molar-refractivity contribution in [2.45, 2.75) is 6.42 Å². The summed E-state index contributed by atoms with van der Waals surface area (Å²) in [4.78, 5) is 23.7. The molecule has 1 fully saturated rings. The highest BCUT2D eigenvalue weighted by Gasteiger charge is 2.33. The number of hydrogen-bond donors (Lipinski definition) is 0. The van der Waals surface area contributed by atoms with Crippen molar-refractivity contribution < 1.29 is 17.6 Å². The molecule has 2 aromatic rings. The van der Waals surface area contributed by atoms with Crippen LogP contribution in [0.25, 0.3) is 11.1 Å². The SMILES string of the molecule is Cn1c(=O)oc2cc(C(=O)C3CCS(=O)(=O)C3)ccc21. The Labute approximate surface area is 114 Å². The van der Waals surface area contributed by atoms with Gasteiger partial charge in [0.2, 0.25) is 0 Å². The number of ketones is 1. The molecule has 0 radical (unpaired) electrons. The Hall–Kier alpha value is -1.89. The molecule has 1 unspecified atom stereocenters. The van der Waals surface area contributed by atoms with Crippen LogP contribution in [-0.2, 0) is 16.9 Å². The molecule has 0 saturated carbocycles. The summed E-state index contributed by atoms with van der Waals surface area (Å²) >= 11 is 0. The third-order valence-electron chi connectivity index (χ3n) is 3.68. The number of Topliss-reactive ketones (excluding diaryl/α,β-unsaturated/α-hetero) is 1. The zero-order chi connectivity index (χ0) is 14.5. The number of carbonyl (C=O) groups excluding carboxylic acids is 1. The van der Waals surface area contributed by atoms with Crippen LogP contribution in [0.3, 0.4) is 0 Å². The van der Waals surface area contributed by atoms with E-state index in [0.717, 1.165) is 0 Å². The quantitative estimate of drug-likeness (QED) is 0.763. The van der Waals surface area contributed by atoms with Crippen LogP contribution in [0.5, 0.6) is 0 Å². The number of hydrogen-bond acceptors (Lipinski definition) is 5. The highest BCUT2D eigenvalue weighted by atomic mass is 32.2. The average Bonchev–Trinajstić information content (AvgIpc) is 2.89. The Morgan fingerprint density at radius 1 is 1.40 bits per heavy atom. The van der Waals surface area contributed by atoms with Crippen LogP contribution >= 0.6 is 0 Å². The molecule has 0 amide bonds. The second-order valence-electron chi connectivity index (χ2n) is 5.07. The fourth-order valence-corrected chi connectivity index (χ4v) is 4.27. The number of rotatable bonds is 2. The molecule has 1 aliphatic heterocycles. The third kappa shape index (κ3) is 2.07. The number of sulfone groups is 1. The summed E-state index contributed by atoms with van der Waals surface area (Å²) in [5.41, 5.74) is 1.32. The van der Waals surface area contributed by atoms with Gasteiger partial charge in [0, 0.05) is 18.5 Å². The molecule has 7 heteroatoms. The van der Waals surface area contributed by atoms with Crippen LogP contribution < -0.4 is 5.76 Å². The van der Waals surface area contributed by atoms with E-state index in [9.17, 15) is 18.0 Å². The minimum Gasteiger partial charge on any atom is -0.408 e. The lowest BCUT2D eigenvalue weighted by Crippen LogP contribution is -2.16. The maximum Gasteiger partial charge on any atom is 0.419 e. The number of aromatic nitrogens is 1. The monoisotopic (exact) mass is 295 g/mol. The predicted octanol–water partition coefficient (Wildman–Crippen LogP) is 0.749. The minimum absolute atomic E-state index is 0.0616. The highest BCUT2D eigenvalue weighted by Crippen LogP contribution is 2.24. The van der Waals surface area contributed by atoms with E-state index >= 15 is 0 Å². The Kier molecular flexibility index (Phi) is 2.82. The topological polar surface area (TPSA) is 86.3 Å². The van der Waals surface area contributed by atoms with Gasteiger partial charge in [-0.2, -0.15) is 0 Å². The molecule has 1 aromatic carbocycles. The minimum atomic E-state index is -3.09. The van der Waals surface area contributed by atoms with Crippen molar-refractivity contribution in [3.8, 4) is 0 Å². The van der Waals surface area contributed by atoms with Crippen molar-refractivity contribution in [3.05, 3.63) is 34.3 Å². The molecule has 0 spiro atoms. The standard InChI is InChI=1S/C13H13NO5S/c1-14-10-3-2-8(6-11(10)19-13(14)16)12(15)9-4-5-20(17,18)7-9/h2-3,6,9H,4-5,7H2,1H3. The average molecular weight is 295 g/mol. The number of oxazole rings is 1. The molecule has 1 saturated heterocycles. The van der Waals surface area contributed by atoms with Crippen molar-refractivity contribution in [1.82, 2.24) is 4.57 Å². The first-order valence-electron chi connectivity index (χ1n) is 6.21. The van der Waals surface area contributed by atoms with Gasteiger partial charge in [-0.05, 0) is 24.6 Å². The van der Waals surface area contributed by atoms with Gasteiger partial charge in [-0.1, -0.05) is 0 Å². The molecule has 2 heterocycles. The third-order valence-corrected chi connectivity index (χ3v) is 5.45. The van der Waals surface area contributed by atoms with Gasteiger partial charge >= 0.3 is 5.76 Å². The largest absolute Gasteiger partial charge is 0.419 e. The van der Waals surface area contributed by atoms with Gasteiger partial charge in [0.05, 0.1) is 17.0 Å². The summed E-state index contributed by atoms with van der Waals surface area (Å²) in [6, 6.07) is 4.74. The Bertz CT molecular complexity index is 859. The number of fused-ring (bicyclic) bond motifs is 1. The molecule has 0 aliphatic carbocycles. The van der Waals surface area contributed by atoms with Gasteiger partial charge in [-0.3, -0.25) is 9.36 Å². The van der Waals surface area contributed by atoms with E-state index in [4.69, 9.17) is 4.42 Å². The Morgan fingerprint density at radius 3 is 2.80 bits per heavy atom. The number of carbonyl (C=O) groups is 1. The number of benzene rings is 1. The maximum absolute atomic E-state index is 12.3. The summed E-state index contributed by atoms with van der Waals surface area (Å²) in [6.45, 7) is 0.